The maximum absolute atomic E-state index is 11.9. The van der Waals surface area contributed by atoms with Crippen molar-refractivity contribution in [3.63, 3.8) is 0 Å². The zero-order chi connectivity index (χ0) is 19.2. The number of benzene rings is 1. The lowest BCUT2D eigenvalue weighted by Gasteiger charge is -2.21. The number of methoxy groups -OCH3 is 1. The number of aliphatic imine (C=N–C) groups is 1. The summed E-state index contributed by atoms with van der Waals surface area (Å²) in [5.74, 6) is 0.801. The van der Waals surface area contributed by atoms with Crippen molar-refractivity contribution >= 4 is 11.9 Å². The van der Waals surface area contributed by atoms with Gasteiger partial charge in [0.2, 0.25) is 0 Å². The van der Waals surface area contributed by atoms with Crippen molar-refractivity contribution in [1.82, 2.24) is 20.0 Å². The Morgan fingerprint density at radius 1 is 1.33 bits per heavy atom. The molecule has 1 aliphatic rings. The van der Waals surface area contributed by atoms with Gasteiger partial charge >= 0.3 is 5.97 Å². The van der Waals surface area contributed by atoms with E-state index in [2.05, 4.69) is 22.2 Å². The molecule has 144 valence electrons. The zero-order valence-corrected chi connectivity index (χ0v) is 16.1. The Bertz CT molecular complexity index is 787. The first-order valence-electron chi connectivity index (χ1n) is 9.32. The fraction of sp³-hybridized carbons (Fsp3) is 0.450. The van der Waals surface area contributed by atoms with Crippen LogP contribution in [-0.2, 0) is 16.1 Å². The molecular formula is C20H27N5O2. The minimum Gasteiger partial charge on any atom is -0.469 e. The summed E-state index contributed by atoms with van der Waals surface area (Å²) in [5, 5.41) is 7.75. The summed E-state index contributed by atoms with van der Waals surface area (Å²) in [7, 11) is 1.45. The summed E-state index contributed by atoms with van der Waals surface area (Å²) in [5.41, 5.74) is 2.06. The highest BCUT2D eigenvalue weighted by Crippen LogP contribution is 2.24. The Morgan fingerprint density at radius 3 is 2.81 bits per heavy atom. The second-order valence-corrected chi connectivity index (χ2v) is 6.81. The largest absolute Gasteiger partial charge is 0.469 e. The van der Waals surface area contributed by atoms with Crippen LogP contribution in [0.1, 0.15) is 19.4 Å². The minimum absolute atomic E-state index is 0.111. The van der Waals surface area contributed by atoms with Gasteiger partial charge in [-0.05, 0) is 25.0 Å². The van der Waals surface area contributed by atoms with E-state index in [4.69, 9.17) is 9.73 Å². The van der Waals surface area contributed by atoms with E-state index in [1.165, 1.54) is 7.11 Å². The first-order valence-corrected chi connectivity index (χ1v) is 9.32. The van der Waals surface area contributed by atoms with Gasteiger partial charge in [-0.25, -0.2) is 9.67 Å². The highest BCUT2D eigenvalue weighted by atomic mass is 16.5. The smallest absolute Gasteiger partial charge is 0.310 e. The predicted molar refractivity (Wildman–Crippen MR) is 105 cm³/mol. The summed E-state index contributed by atoms with van der Waals surface area (Å²) in [4.78, 5) is 18.8. The van der Waals surface area contributed by atoms with Crippen LogP contribution < -0.4 is 5.32 Å². The second kappa shape index (κ2) is 8.70. The molecule has 3 rings (SSSR count). The van der Waals surface area contributed by atoms with Gasteiger partial charge in [-0.2, -0.15) is 5.10 Å². The number of guanidine groups is 1. The van der Waals surface area contributed by atoms with Gasteiger partial charge in [-0.3, -0.25) is 4.79 Å². The van der Waals surface area contributed by atoms with Gasteiger partial charge in [0, 0.05) is 31.4 Å². The Labute approximate surface area is 160 Å². The average molecular weight is 369 g/mol. The van der Waals surface area contributed by atoms with E-state index >= 15 is 0 Å². The molecule has 1 aromatic heterocycles. The lowest BCUT2D eigenvalue weighted by molar-refractivity contribution is -0.145. The molecule has 0 amide bonds. The summed E-state index contributed by atoms with van der Waals surface area (Å²) in [6.45, 7) is 6.84. The van der Waals surface area contributed by atoms with Crippen LogP contribution >= 0.6 is 0 Å². The molecule has 0 spiro atoms. The van der Waals surface area contributed by atoms with Crippen molar-refractivity contribution in [2.75, 3.05) is 26.7 Å². The predicted octanol–water partition coefficient (Wildman–Crippen LogP) is 2.08. The van der Waals surface area contributed by atoms with Gasteiger partial charge in [0.05, 0.1) is 31.5 Å². The van der Waals surface area contributed by atoms with E-state index in [-0.39, 0.29) is 17.8 Å². The van der Waals surface area contributed by atoms with Crippen molar-refractivity contribution in [3.05, 3.63) is 48.3 Å². The number of carbonyl (C=O) groups excluding carboxylic acids is 1. The fourth-order valence-corrected chi connectivity index (χ4v) is 3.35. The van der Waals surface area contributed by atoms with E-state index in [1.807, 2.05) is 54.3 Å². The van der Waals surface area contributed by atoms with Crippen molar-refractivity contribution in [1.29, 1.82) is 0 Å². The summed E-state index contributed by atoms with van der Waals surface area (Å²) < 4.78 is 6.78. The highest BCUT2D eigenvalue weighted by Gasteiger charge is 2.36. The molecule has 0 bridgehead atoms. The number of carbonyl (C=O) groups is 1. The van der Waals surface area contributed by atoms with E-state index < -0.39 is 0 Å². The van der Waals surface area contributed by atoms with Crippen LogP contribution in [0.4, 0.5) is 0 Å². The molecule has 27 heavy (non-hydrogen) atoms. The second-order valence-electron chi connectivity index (χ2n) is 6.81. The molecule has 7 heteroatoms. The third-order valence-corrected chi connectivity index (χ3v) is 4.82. The van der Waals surface area contributed by atoms with Gasteiger partial charge in [-0.15, -0.1) is 0 Å². The molecular weight excluding hydrogens is 342 g/mol. The number of nitrogens with zero attached hydrogens (tertiary/aromatic N) is 4. The normalized spacial score (nSPS) is 20.0. The lowest BCUT2D eigenvalue weighted by Crippen LogP contribution is -2.40. The summed E-state index contributed by atoms with van der Waals surface area (Å²) in [6.07, 6.45) is 3.83. The summed E-state index contributed by atoms with van der Waals surface area (Å²) >= 11 is 0. The third kappa shape index (κ3) is 4.48. The summed E-state index contributed by atoms with van der Waals surface area (Å²) in [6, 6.07) is 10.00. The molecule has 1 fully saturated rings. The Balaban J connectivity index is 1.70. The van der Waals surface area contributed by atoms with E-state index in [0.29, 0.717) is 13.1 Å². The number of para-hydroxylation sites is 1. The Morgan fingerprint density at radius 2 is 2.11 bits per heavy atom. The molecule has 7 nitrogen and oxygen atoms in total. The van der Waals surface area contributed by atoms with Gasteiger partial charge in [0.15, 0.2) is 5.96 Å². The van der Waals surface area contributed by atoms with E-state index in [1.54, 1.807) is 0 Å². The van der Waals surface area contributed by atoms with Crippen LogP contribution in [0.25, 0.3) is 5.69 Å². The maximum atomic E-state index is 11.9. The van der Waals surface area contributed by atoms with E-state index in [9.17, 15) is 4.79 Å². The molecule has 2 aromatic rings. The molecule has 1 aromatic carbocycles. The third-order valence-electron chi connectivity index (χ3n) is 4.82. The number of hydrogen-bond acceptors (Lipinski definition) is 4. The van der Waals surface area contributed by atoms with Crippen molar-refractivity contribution < 1.29 is 9.53 Å². The molecule has 0 saturated carbocycles. The highest BCUT2D eigenvalue weighted by molar-refractivity contribution is 5.82. The molecule has 2 unspecified atom stereocenters. The average Bonchev–Trinajstić information content (AvgIpc) is 3.32. The van der Waals surface area contributed by atoms with Crippen LogP contribution in [0.3, 0.4) is 0 Å². The van der Waals surface area contributed by atoms with Crippen molar-refractivity contribution in [3.8, 4) is 5.69 Å². The number of nitrogens with one attached hydrogen (secondary N) is 1. The van der Waals surface area contributed by atoms with Crippen LogP contribution in [0.2, 0.25) is 0 Å². The number of ether oxygens (including phenoxy) is 1. The van der Waals surface area contributed by atoms with Crippen LogP contribution in [0, 0.1) is 11.8 Å². The number of aromatic nitrogens is 2. The fourth-order valence-electron chi connectivity index (χ4n) is 3.35. The molecule has 0 aliphatic carbocycles. The number of rotatable bonds is 5. The number of likely N-dealkylation sites (tertiary alicyclic amines) is 1. The SMILES string of the molecule is CCNC(=NCc1cnn(-c2ccccc2)c1)N1CC(C)C(C(=O)OC)C1. The van der Waals surface area contributed by atoms with Crippen molar-refractivity contribution in [2.24, 2.45) is 16.8 Å². The lowest BCUT2D eigenvalue weighted by atomic mass is 9.99. The first-order chi connectivity index (χ1) is 13.1. The minimum atomic E-state index is -0.148. The Hall–Kier alpha value is -2.83. The van der Waals surface area contributed by atoms with Gasteiger partial charge in [-0.1, -0.05) is 25.1 Å². The maximum Gasteiger partial charge on any atom is 0.310 e. The van der Waals surface area contributed by atoms with Gasteiger partial charge in [0.1, 0.15) is 0 Å². The molecule has 0 radical (unpaired) electrons. The topological polar surface area (TPSA) is 71.8 Å². The van der Waals surface area contributed by atoms with Gasteiger partial charge < -0.3 is 15.0 Å². The Kier molecular flexibility index (Phi) is 6.11. The first kappa shape index (κ1) is 18.9. The van der Waals surface area contributed by atoms with Gasteiger partial charge in [0.25, 0.3) is 0 Å². The zero-order valence-electron chi connectivity index (χ0n) is 16.1. The monoisotopic (exact) mass is 369 g/mol. The van der Waals surface area contributed by atoms with Crippen molar-refractivity contribution in [2.45, 2.75) is 20.4 Å². The van der Waals surface area contributed by atoms with Crippen LogP contribution in [0.5, 0.6) is 0 Å². The van der Waals surface area contributed by atoms with Crippen LogP contribution in [0.15, 0.2) is 47.7 Å². The molecule has 1 aliphatic heterocycles. The molecule has 2 heterocycles. The van der Waals surface area contributed by atoms with E-state index in [0.717, 1.165) is 30.3 Å². The molecule has 1 N–H and O–H groups in total. The molecule has 1 saturated heterocycles. The molecule has 2 atom stereocenters. The number of hydrogen-bond donors (Lipinski definition) is 1. The number of esters is 1. The standard InChI is InChI=1S/C20H27N5O2/c1-4-21-20(24-12-15(2)18(14-24)19(26)27-3)22-10-16-11-23-25(13-16)17-8-6-5-7-9-17/h5-9,11,13,15,18H,4,10,12,14H2,1-3H3,(H,21,22). The van der Waals surface area contributed by atoms with Crippen LogP contribution in [-0.4, -0.2) is 53.4 Å². The quantitative estimate of drug-likeness (QED) is 0.496.